The molecule has 0 saturated heterocycles. The van der Waals surface area contributed by atoms with Crippen LogP contribution in [0.25, 0.3) is 11.0 Å². The minimum absolute atomic E-state index is 0.0511. The molecule has 160 valence electrons. The van der Waals surface area contributed by atoms with Crippen molar-refractivity contribution >= 4 is 16.9 Å². The zero-order valence-corrected chi connectivity index (χ0v) is 19.2. The number of carbonyl (C=O) groups excluding carboxylic acids is 1. The molecule has 0 saturated carbocycles. The van der Waals surface area contributed by atoms with Crippen LogP contribution in [0.3, 0.4) is 0 Å². The fourth-order valence-electron chi connectivity index (χ4n) is 3.94. The number of benzene rings is 2. The quantitative estimate of drug-likeness (QED) is 0.524. The lowest BCUT2D eigenvalue weighted by atomic mass is 9.87. The first-order chi connectivity index (χ1) is 14.2. The lowest BCUT2D eigenvalue weighted by Gasteiger charge is -2.21. The normalized spacial score (nSPS) is 13.0. The molecular weight excluding hydrogens is 370 g/mol. The van der Waals surface area contributed by atoms with E-state index in [9.17, 15) is 4.79 Å². The summed E-state index contributed by atoms with van der Waals surface area (Å²) < 4.78 is 2.24. The fourth-order valence-corrected chi connectivity index (χ4v) is 3.94. The number of rotatable bonds is 7. The van der Waals surface area contributed by atoms with Gasteiger partial charge < -0.3 is 9.88 Å². The summed E-state index contributed by atoms with van der Waals surface area (Å²) >= 11 is 0. The van der Waals surface area contributed by atoms with E-state index in [-0.39, 0.29) is 23.3 Å². The smallest absolute Gasteiger partial charge is 0.223 e. The Balaban J connectivity index is 1.93. The highest BCUT2D eigenvalue weighted by molar-refractivity contribution is 5.79. The van der Waals surface area contributed by atoms with E-state index < -0.39 is 0 Å². The number of fused-ring (bicyclic) bond motifs is 1. The summed E-state index contributed by atoms with van der Waals surface area (Å²) in [4.78, 5) is 17.5. The zero-order valence-electron chi connectivity index (χ0n) is 19.2. The van der Waals surface area contributed by atoms with Gasteiger partial charge in [-0.3, -0.25) is 4.79 Å². The predicted octanol–water partition coefficient (Wildman–Crippen LogP) is 6.00. The predicted molar refractivity (Wildman–Crippen MR) is 125 cm³/mol. The average molecular weight is 406 g/mol. The highest BCUT2D eigenvalue weighted by Gasteiger charge is 2.22. The van der Waals surface area contributed by atoms with E-state index in [0.29, 0.717) is 0 Å². The molecule has 1 atom stereocenters. The molecule has 1 heterocycles. The second-order valence-corrected chi connectivity index (χ2v) is 9.24. The standard InChI is InChI=1S/C26H35N3O/c1-7-20(8-2)25(30)27-18(3)24-28-22-11-9-10-12-23(22)29(24)17-19-13-15-21(16-14-19)26(4,5)6/h9-16,18,20H,7-8,17H2,1-6H3,(H,27,30). The molecule has 1 aromatic heterocycles. The molecule has 1 N–H and O–H groups in total. The van der Waals surface area contributed by atoms with Crippen molar-refractivity contribution in [2.45, 2.75) is 72.4 Å². The van der Waals surface area contributed by atoms with Crippen molar-refractivity contribution in [3.8, 4) is 0 Å². The molecule has 0 spiro atoms. The first kappa shape index (κ1) is 22.1. The van der Waals surface area contributed by atoms with Gasteiger partial charge in [0.1, 0.15) is 5.82 Å². The van der Waals surface area contributed by atoms with Gasteiger partial charge in [-0.1, -0.05) is 71.0 Å². The molecule has 0 radical (unpaired) electrons. The second kappa shape index (κ2) is 9.03. The number of hydrogen-bond donors (Lipinski definition) is 1. The van der Waals surface area contributed by atoms with Gasteiger partial charge >= 0.3 is 0 Å². The third kappa shape index (κ3) is 4.75. The fraction of sp³-hybridized carbons (Fsp3) is 0.462. The Bertz CT molecular complexity index is 991. The first-order valence-electron chi connectivity index (χ1n) is 11.1. The Morgan fingerprint density at radius 3 is 2.27 bits per heavy atom. The summed E-state index contributed by atoms with van der Waals surface area (Å²) in [6, 6.07) is 16.9. The van der Waals surface area contributed by atoms with Crippen LogP contribution in [0.4, 0.5) is 0 Å². The maximum absolute atomic E-state index is 12.7. The van der Waals surface area contributed by atoms with Gasteiger partial charge in [0.2, 0.25) is 5.91 Å². The van der Waals surface area contributed by atoms with Gasteiger partial charge in [-0.25, -0.2) is 4.98 Å². The van der Waals surface area contributed by atoms with Crippen molar-refractivity contribution in [2.75, 3.05) is 0 Å². The molecule has 3 aromatic rings. The Labute approximate surface area is 180 Å². The van der Waals surface area contributed by atoms with Gasteiger partial charge in [0.15, 0.2) is 0 Å². The lowest BCUT2D eigenvalue weighted by Crippen LogP contribution is -2.33. The molecule has 30 heavy (non-hydrogen) atoms. The summed E-state index contributed by atoms with van der Waals surface area (Å²) in [5, 5.41) is 3.19. The van der Waals surface area contributed by atoms with E-state index in [1.807, 2.05) is 25.1 Å². The van der Waals surface area contributed by atoms with Crippen LogP contribution < -0.4 is 5.32 Å². The van der Waals surface area contributed by atoms with E-state index in [2.05, 4.69) is 74.8 Å². The number of amides is 1. The third-order valence-corrected chi connectivity index (χ3v) is 5.95. The highest BCUT2D eigenvalue weighted by atomic mass is 16.1. The van der Waals surface area contributed by atoms with E-state index in [1.54, 1.807) is 0 Å². The number of para-hydroxylation sites is 2. The van der Waals surface area contributed by atoms with Crippen LogP contribution in [0.5, 0.6) is 0 Å². The largest absolute Gasteiger partial charge is 0.346 e. The van der Waals surface area contributed by atoms with Crippen LogP contribution in [0, 0.1) is 5.92 Å². The number of nitrogens with zero attached hydrogens (tertiary/aromatic N) is 2. The number of nitrogens with one attached hydrogen (secondary N) is 1. The van der Waals surface area contributed by atoms with Gasteiger partial charge in [0, 0.05) is 12.5 Å². The number of aromatic nitrogens is 2. The van der Waals surface area contributed by atoms with Gasteiger partial charge in [-0.05, 0) is 48.4 Å². The Kier molecular flexibility index (Phi) is 6.64. The minimum Gasteiger partial charge on any atom is -0.346 e. The summed E-state index contributed by atoms with van der Waals surface area (Å²) in [6.07, 6.45) is 1.71. The molecule has 4 heteroatoms. The molecular formula is C26H35N3O. The highest BCUT2D eigenvalue weighted by Crippen LogP contribution is 2.25. The average Bonchev–Trinajstić information content (AvgIpc) is 3.07. The third-order valence-electron chi connectivity index (χ3n) is 5.95. The Morgan fingerprint density at radius 2 is 1.67 bits per heavy atom. The van der Waals surface area contributed by atoms with Gasteiger partial charge in [0.25, 0.3) is 0 Å². The summed E-state index contributed by atoms with van der Waals surface area (Å²) in [6.45, 7) is 13.6. The van der Waals surface area contributed by atoms with Crippen molar-refractivity contribution in [1.29, 1.82) is 0 Å². The molecule has 0 aliphatic heterocycles. The maximum Gasteiger partial charge on any atom is 0.223 e. The van der Waals surface area contributed by atoms with Crippen molar-refractivity contribution in [3.63, 3.8) is 0 Å². The molecule has 1 unspecified atom stereocenters. The number of carbonyl (C=O) groups is 1. The molecule has 0 bridgehead atoms. The SMILES string of the molecule is CCC(CC)C(=O)NC(C)c1nc2ccccc2n1Cc1ccc(C(C)(C)C)cc1. The van der Waals surface area contributed by atoms with E-state index in [4.69, 9.17) is 4.98 Å². The molecule has 1 amide bonds. The van der Waals surface area contributed by atoms with Crippen molar-refractivity contribution in [1.82, 2.24) is 14.9 Å². The molecule has 2 aromatic carbocycles. The van der Waals surface area contributed by atoms with Crippen LogP contribution in [0.15, 0.2) is 48.5 Å². The van der Waals surface area contributed by atoms with Gasteiger partial charge in [0.05, 0.1) is 17.1 Å². The molecule has 3 rings (SSSR count). The summed E-state index contributed by atoms with van der Waals surface area (Å²) in [5.74, 6) is 1.06. The van der Waals surface area contributed by atoms with E-state index in [0.717, 1.165) is 36.2 Å². The van der Waals surface area contributed by atoms with Crippen molar-refractivity contribution < 1.29 is 4.79 Å². The molecule has 4 nitrogen and oxygen atoms in total. The maximum atomic E-state index is 12.7. The van der Waals surface area contributed by atoms with Crippen LogP contribution in [0.1, 0.15) is 77.4 Å². The van der Waals surface area contributed by atoms with Crippen LogP contribution in [-0.4, -0.2) is 15.5 Å². The van der Waals surface area contributed by atoms with Crippen molar-refractivity contribution in [3.05, 3.63) is 65.5 Å². The van der Waals surface area contributed by atoms with E-state index >= 15 is 0 Å². The van der Waals surface area contributed by atoms with Gasteiger partial charge in [-0.2, -0.15) is 0 Å². The van der Waals surface area contributed by atoms with Crippen LogP contribution >= 0.6 is 0 Å². The van der Waals surface area contributed by atoms with Gasteiger partial charge in [-0.15, -0.1) is 0 Å². The van der Waals surface area contributed by atoms with Crippen LogP contribution in [-0.2, 0) is 16.8 Å². The summed E-state index contributed by atoms with van der Waals surface area (Å²) in [7, 11) is 0. The van der Waals surface area contributed by atoms with Crippen LogP contribution in [0.2, 0.25) is 0 Å². The Hall–Kier alpha value is -2.62. The Morgan fingerprint density at radius 1 is 1.03 bits per heavy atom. The lowest BCUT2D eigenvalue weighted by molar-refractivity contribution is -0.125. The summed E-state index contributed by atoms with van der Waals surface area (Å²) in [5.41, 5.74) is 4.75. The molecule has 0 aliphatic carbocycles. The number of hydrogen-bond acceptors (Lipinski definition) is 2. The molecule has 0 aliphatic rings. The zero-order chi connectivity index (χ0) is 21.9. The monoisotopic (exact) mass is 405 g/mol. The van der Waals surface area contributed by atoms with E-state index in [1.165, 1.54) is 11.1 Å². The minimum atomic E-state index is -0.153. The molecule has 0 fully saturated rings. The topological polar surface area (TPSA) is 46.9 Å². The van der Waals surface area contributed by atoms with Crippen molar-refractivity contribution in [2.24, 2.45) is 5.92 Å². The number of imidazole rings is 1. The second-order valence-electron chi connectivity index (χ2n) is 9.24. The first-order valence-corrected chi connectivity index (χ1v) is 11.1.